The van der Waals surface area contributed by atoms with Gasteiger partial charge in [0.05, 0.1) is 6.61 Å². The minimum absolute atomic E-state index is 0.0354. The van der Waals surface area contributed by atoms with E-state index in [2.05, 4.69) is 33.0 Å². The largest absolute Gasteiger partial charge is 0.366 e. The molecule has 2 aliphatic rings. The highest BCUT2D eigenvalue weighted by Crippen LogP contribution is 2.20. The van der Waals surface area contributed by atoms with Gasteiger partial charge >= 0.3 is 0 Å². The van der Waals surface area contributed by atoms with Crippen LogP contribution in [0.5, 0.6) is 0 Å². The molecule has 0 aromatic carbocycles. The molecule has 0 spiro atoms. The number of thiophene rings is 1. The molecule has 0 bridgehead atoms. The smallest absolute Gasteiger partial charge is 0.250 e. The topological polar surface area (TPSA) is 53.6 Å². The van der Waals surface area contributed by atoms with Crippen LogP contribution in [0.1, 0.15) is 17.7 Å². The van der Waals surface area contributed by atoms with Crippen molar-refractivity contribution in [1.82, 2.24) is 15.5 Å². The van der Waals surface area contributed by atoms with Crippen LogP contribution in [-0.4, -0.2) is 56.2 Å². The molecule has 0 radical (unpaired) electrons. The molecule has 2 aliphatic heterocycles. The van der Waals surface area contributed by atoms with Crippen molar-refractivity contribution >= 4 is 17.2 Å². The number of carbonyl (C=O) groups is 1. The number of nitrogens with zero attached hydrogens (tertiary/aromatic N) is 1. The van der Waals surface area contributed by atoms with E-state index in [1.807, 2.05) is 11.3 Å². The molecule has 3 heterocycles. The van der Waals surface area contributed by atoms with Gasteiger partial charge in [-0.15, -0.1) is 11.3 Å². The standard InChI is InChI=1S/C16H25N3O2S/c20-16(15-11-17-5-8-21-15)18-10-13-3-6-19(7-4-13)12-14-2-1-9-22-14/h1-2,9,13,15,17H,3-8,10-12H2,(H,18,20). The van der Waals surface area contributed by atoms with Crippen LogP contribution in [0.25, 0.3) is 0 Å². The lowest BCUT2D eigenvalue weighted by atomic mass is 9.96. The average molecular weight is 323 g/mol. The van der Waals surface area contributed by atoms with Gasteiger partial charge in [0, 0.05) is 31.1 Å². The summed E-state index contributed by atoms with van der Waals surface area (Å²) in [7, 11) is 0. The van der Waals surface area contributed by atoms with Gasteiger partial charge in [-0.3, -0.25) is 9.69 Å². The van der Waals surface area contributed by atoms with Crippen molar-refractivity contribution in [2.75, 3.05) is 39.3 Å². The van der Waals surface area contributed by atoms with E-state index in [0.29, 0.717) is 19.1 Å². The Bertz CT molecular complexity index is 452. The van der Waals surface area contributed by atoms with Crippen LogP contribution in [0.2, 0.25) is 0 Å². The quantitative estimate of drug-likeness (QED) is 0.851. The third kappa shape index (κ3) is 4.52. The number of hydrogen-bond acceptors (Lipinski definition) is 5. The van der Waals surface area contributed by atoms with Crippen molar-refractivity contribution in [3.05, 3.63) is 22.4 Å². The molecule has 1 unspecified atom stereocenters. The van der Waals surface area contributed by atoms with Gasteiger partial charge in [-0.1, -0.05) is 6.07 Å². The second kappa shape index (κ2) is 8.06. The summed E-state index contributed by atoms with van der Waals surface area (Å²) in [6.07, 6.45) is 2.01. The Kier molecular flexibility index (Phi) is 5.83. The van der Waals surface area contributed by atoms with Gasteiger partial charge in [0.25, 0.3) is 0 Å². The Morgan fingerprint density at radius 1 is 1.45 bits per heavy atom. The van der Waals surface area contributed by atoms with Crippen molar-refractivity contribution < 1.29 is 9.53 Å². The Balaban J connectivity index is 1.34. The first-order chi connectivity index (χ1) is 10.8. The van der Waals surface area contributed by atoms with Crippen molar-refractivity contribution in [2.24, 2.45) is 5.92 Å². The molecule has 2 N–H and O–H groups in total. The minimum Gasteiger partial charge on any atom is -0.366 e. The number of morpholine rings is 1. The molecule has 1 aromatic rings. The molecule has 1 aromatic heterocycles. The molecule has 2 saturated heterocycles. The third-order valence-corrected chi connectivity index (χ3v) is 5.31. The summed E-state index contributed by atoms with van der Waals surface area (Å²) < 4.78 is 5.47. The predicted octanol–water partition coefficient (Wildman–Crippen LogP) is 1.06. The van der Waals surface area contributed by atoms with Gasteiger partial charge in [-0.25, -0.2) is 0 Å². The maximum Gasteiger partial charge on any atom is 0.250 e. The normalized spacial score (nSPS) is 24.3. The molecule has 122 valence electrons. The van der Waals surface area contributed by atoms with Crippen LogP contribution in [0.3, 0.4) is 0 Å². The molecular weight excluding hydrogens is 298 g/mol. The first-order valence-corrected chi connectivity index (χ1v) is 9.04. The van der Waals surface area contributed by atoms with Gasteiger partial charge in [-0.2, -0.15) is 0 Å². The van der Waals surface area contributed by atoms with Crippen molar-refractivity contribution in [1.29, 1.82) is 0 Å². The number of hydrogen-bond donors (Lipinski definition) is 2. The maximum absolute atomic E-state index is 12.0. The summed E-state index contributed by atoms with van der Waals surface area (Å²) in [5.74, 6) is 0.633. The van der Waals surface area contributed by atoms with Crippen LogP contribution < -0.4 is 10.6 Å². The van der Waals surface area contributed by atoms with Gasteiger partial charge < -0.3 is 15.4 Å². The number of nitrogens with one attached hydrogen (secondary N) is 2. The van der Waals surface area contributed by atoms with Crippen LogP contribution >= 0.6 is 11.3 Å². The fourth-order valence-electron chi connectivity index (χ4n) is 3.06. The highest BCUT2D eigenvalue weighted by molar-refractivity contribution is 7.09. The highest BCUT2D eigenvalue weighted by atomic mass is 32.1. The van der Waals surface area contributed by atoms with Gasteiger partial charge in [-0.05, 0) is 43.3 Å². The van der Waals surface area contributed by atoms with E-state index < -0.39 is 0 Å². The SMILES string of the molecule is O=C(NCC1CCN(Cc2cccs2)CC1)C1CNCCO1. The van der Waals surface area contributed by atoms with E-state index in [-0.39, 0.29) is 12.0 Å². The lowest BCUT2D eigenvalue weighted by Gasteiger charge is -2.32. The molecule has 0 aliphatic carbocycles. The molecule has 5 nitrogen and oxygen atoms in total. The average Bonchev–Trinajstić information content (AvgIpc) is 3.08. The molecule has 1 amide bonds. The van der Waals surface area contributed by atoms with E-state index in [0.717, 1.165) is 45.6 Å². The summed E-state index contributed by atoms with van der Waals surface area (Å²) in [6, 6.07) is 4.32. The predicted molar refractivity (Wildman–Crippen MR) is 87.9 cm³/mol. The van der Waals surface area contributed by atoms with E-state index in [9.17, 15) is 4.79 Å². The van der Waals surface area contributed by atoms with E-state index in [4.69, 9.17) is 4.74 Å². The van der Waals surface area contributed by atoms with Crippen LogP contribution in [0.15, 0.2) is 17.5 Å². The molecular formula is C16H25N3O2S. The number of likely N-dealkylation sites (tertiary alicyclic amines) is 1. The first-order valence-electron chi connectivity index (χ1n) is 8.16. The lowest BCUT2D eigenvalue weighted by Crippen LogP contribution is -2.49. The summed E-state index contributed by atoms with van der Waals surface area (Å²) in [4.78, 5) is 16.0. The van der Waals surface area contributed by atoms with Crippen molar-refractivity contribution in [2.45, 2.75) is 25.5 Å². The Labute approximate surface area is 136 Å². The number of ether oxygens (including phenoxy) is 1. The second-order valence-electron chi connectivity index (χ2n) is 6.11. The number of carbonyl (C=O) groups excluding carboxylic acids is 1. The Morgan fingerprint density at radius 2 is 2.32 bits per heavy atom. The summed E-state index contributed by atoms with van der Waals surface area (Å²) in [6.45, 7) is 6.19. The summed E-state index contributed by atoms with van der Waals surface area (Å²) >= 11 is 1.83. The van der Waals surface area contributed by atoms with Crippen molar-refractivity contribution in [3.8, 4) is 0 Å². The van der Waals surface area contributed by atoms with Gasteiger partial charge in [0.15, 0.2) is 0 Å². The fraction of sp³-hybridized carbons (Fsp3) is 0.688. The summed E-state index contributed by atoms with van der Waals surface area (Å²) in [5, 5.41) is 8.39. The molecule has 3 rings (SSSR count). The second-order valence-corrected chi connectivity index (χ2v) is 7.14. The minimum atomic E-state index is -0.312. The van der Waals surface area contributed by atoms with Crippen molar-refractivity contribution in [3.63, 3.8) is 0 Å². The molecule has 22 heavy (non-hydrogen) atoms. The summed E-state index contributed by atoms with van der Waals surface area (Å²) in [5.41, 5.74) is 0. The third-order valence-electron chi connectivity index (χ3n) is 4.45. The number of amides is 1. The van der Waals surface area contributed by atoms with E-state index >= 15 is 0 Å². The molecule has 2 fully saturated rings. The van der Waals surface area contributed by atoms with Gasteiger partial charge in [0.1, 0.15) is 6.10 Å². The van der Waals surface area contributed by atoms with Crippen LogP contribution in [0.4, 0.5) is 0 Å². The van der Waals surface area contributed by atoms with Crippen LogP contribution in [0, 0.1) is 5.92 Å². The Hall–Kier alpha value is -0.950. The van der Waals surface area contributed by atoms with Gasteiger partial charge in [0.2, 0.25) is 5.91 Å². The van der Waals surface area contributed by atoms with Crippen LogP contribution in [-0.2, 0) is 16.1 Å². The maximum atomic E-state index is 12.0. The highest BCUT2D eigenvalue weighted by Gasteiger charge is 2.24. The monoisotopic (exact) mass is 323 g/mol. The molecule has 1 atom stereocenters. The Morgan fingerprint density at radius 3 is 3.00 bits per heavy atom. The number of rotatable bonds is 5. The lowest BCUT2D eigenvalue weighted by molar-refractivity contribution is -0.134. The molecule has 0 saturated carbocycles. The zero-order valence-corrected chi connectivity index (χ0v) is 13.7. The first kappa shape index (κ1) is 15.9. The van der Waals surface area contributed by atoms with E-state index in [1.165, 1.54) is 4.88 Å². The zero-order chi connectivity index (χ0) is 15.2. The zero-order valence-electron chi connectivity index (χ0n) is 12.9. The van der Waals surface area contributed by atoms with E-state index in [1.54, 1.807) is 0 Å². The fourth-order valence-corrected chi connectivity index (χ4v) is 3.81. The molecule has 6 heteroatoms. The number of piperidine rings is 1.